The average molecular weight is 305 g/mol. The summed E-state index contributed by atoms with van der Waals surface area (Å²) < 4.78 is 10.5. The Kier molecular flexibility index (Phi) is 3.83. The van der Waals surface area contributed by atoms with E-state index in [1.807, 2.05) is 13.8 Å². The third-order valence-corrected chi connectivity index (χ3v) is 3.90. The van der Waals surface area contributed by atoms with Crippen LogP contribution in [0.4, 0.5) is 0 Å². The zero-order valence-electron chi connectivity index (χ0n) is 11.8. The summed E-state index contributed by atoms with van der Waals surface area (Å²) in [4.78, 5) is 16.5. The van der Waals surface area contributed by atoms with E-state index in [-0.39, 0.29) is 24.2 Å². The molecule has 2 aromatic rings. The fourth-order valence-electron chi connectivity index (χ4n) is 1.86. The van der Waals surface area contributed by atoms with Gasteiger partial charge in [0.1, 0.15) is 5.82 Å². The number of benzene rings is 1. The van der Waals surface area contributed by atoms with Gasteiger partial charge < -0.3 is 9.47 Å². The number of H-pyrrole nitrogens is 1. The zero-order chi connectivity index (χ0) is 14.8. The van der Waals surface area contributed by atoms with E-state index in [0.717, 1.165) is 5.82 Å². The van der Waals surface area contributed by atoms with Gasteiger partial charge in [-0.25, -0.2) is 4.98 Å². The number of nitrogens with zero attached hydrogens (tertiary/aromatic N) is 2. The van der Waals surface area contributed by atoms with Crippen LogP contribution in [0.3, 0.4) is 0 Å². The van der Waals surface area contributed by atoms with E-state index in [1.165, 1.54) is 11.8 Å². The first kappa shape index (κ1) is 13.9. The molecule has 1 aliphatic rings. The highest BCUT2D eigenvalue weighted by Gasteiger charge is 2.17. The van der Waals surface area contributed by atoms with Crippen LogP contribution in [0.15, 0.2) is 23.4 Å². The van der Waals surface area contributed by atoms with Crippen molar-refractivity contribution in [3.8, 4) is 11.5 Å². The van der Waals surface area contributed by atoms with Crippen LogP contribution in [0.1, 0.15) is 35.9 Å². The van der Waals surface area contributed by atoms with Crippen LogP contribution in [-0.2, 0) is 0 Å². The van der Waals surface area contributed by atoms with Crippen molar-refractivity contribution in [1.82, 2.24) is 15.2 Å². The monoisotopic (exact) mass is 305 g/mol. The SMILES string of the molecule is CC(C)c1nc(SCC(=O)c2ccc3c(c2)OCO3)n[nH]1. The molecule has 0 saturated carbocycles. The Labute approximate surface area is 126 Å². The lowest BCUT2D eigenvalue weighted by atomic mass is 10.1. The van der Waals surface area contributed by atoms with Crippen LogP contribution >= 0.6 is 11.8 Å². The van der Waals surface area contributed by atoms with Gasteiger partial charge in [0.25, 0.3) is 0 Å². The van der Waals surface area contributed by atoms with Crippen molar-refractivity contribution < 1.29 is 14.3 Å². The van der Waals surface area contributed by atoms with Gasteiger partial charge in [0.2, 0.25) is 11.9 Å². The number of nitrogens with one attached hydrogen (secondary N) is 1. The fourth-order valence-corrected chi connectivity index (χ4v) is 2.56. The maximum Gasteiger partial charge on any atom is 0.231 e. The van der Waals surface area contributed by atoms with Gasteiger partial charge in [0.15, 0.2) is 17.3 Å². The van der Waals surface area contributed by atoms with Crippen LogP contribution in [0.25, 0.3) is 0 Å². The summed E-state index contributed by atoms with van der Waals surface area (Å²) in [5.74, 6) is 2.70. The predicted octanol–water partition coefficient (Wildman–Crippen LogP) is 2.63. The van der Waals surface area contributed by atoms with E-state index in [4.69, 9.17) is 9.47 Å². The summed E-state index contributed by atoms with van der Waals surface area (Å²) >= 11 is 1.32. The molecule has 0 aliphatic carbocycles. The largest absolute Gasteiger partial charge is 0.454 e. The second-order valence-corrected chi connectivity index (χ2v) is 5.88. The van der Waals surface area contributed by atoms with E-state index >= 15 is 0 Å². The van der Waals surface area contributed by atoms with Crippen molar-refractivity contribution in [2.45, 2.75) is 24.9 Å². The number of fused-ring (bicyclic) bond motifs is 1. The molecule has 7 heteroatoms. The summed E-state index contributed by atoms with van der Waals surface area (Å²) in [6.45, 7) is 4.27. The van der Waals surface area contributed by atoms with Gasteiger partial charge in [0, 0.05) is 11.5 Å². The summed E-state index contributed by atoms with van der Waals surface area (Å²) in [5, 5.41) is 7.55. The molecule has 0 spiro atoms. The van der Waals surface area contributed by atoms with Gasteiger partial charge in [-0.3, -0.25) is 9.89 Å². The summed E-state index contributed by atoms with van der Waals surface area (Å²) in [5.41, 5.74) is 0.603. The number of hydrogen-bond acceptors (Lipinski definition) is 6. The summed E-state index contributed by atoms with van der Waals surface area (Å²) in [6, 6.07) is 5.21. The van der Waals surface area contributed by atoms with Gasteiger partial charge in [0.05, 0.1) is 5.75 Å². The molecule has 21 heavy (non-hydrogen) atoms. The molecular weight excluding hydrogens is 290 g/mol. The van der Waals surface area contributed by atoms with Crippen LogP contribution in [0.2, 0.25) is 0 Å². The minimum Gasteiger partial charge on any atom is -0.454 e. The molecule has 0 bridgehead atoms. The highest BCUT2D eigenvalue weighted by atomic mass is 32.2. The van der Waals surface area contributed by atoms with Crippen molar-refractivity contribution in [3.63, 3.8) is 0 Å². The lowest BCUT2D eigenvalue weighted by molar-refractivity contribution is 0.102. The number of Topliss-reactive ketones (excluding diaryl/α,β-unsaturated/α-hetero) is 1. The smallest absolute Gasteiger partial charge is 0.231 e. The zero-order valence-corrected chi connectivity index (χ0v) is 12.6. The Morgan fingerprint density at radius 2 is 2.19 bits per heavy atom. The van der Waals surface area contributed by atoms with E-state index in [0.29, 0.717) is 22.2 Å². The standard InChI is InChI=1S/C14H15N3O3S/c1-8(2)13-15-14(17-16-13)21-6-10(18)9-3-4-11-12(5-9)20-7-19-11/h3-5,8H,6-7H2,1-2H3,(H,15,16,17). The van der Waals surface area contributed by atoms with Crippen LogP contribution in [0.5, 0.6) is 11.5 Å². The second-order valence-electron chi connectivity index (χ2n) is 4.94. The van der Waals surface area contributed by atoms with Crippen molar-refractivity contribution in [1.29, 1.82) is 0 Å². The number of hydrogen-bond donors (Lipinski definition) is 1. The Morgan fingerprint density at radius 3 is 2.95 bits per heavy atom. The molecule has 3 rings (SSSR count). The molecule has 0 amide bonds. The quantitative estimate of drug-likeness (QED) is 0.676. The fraction of sp³-hybridized carbons (Fsp3) is 0.357. The third-order valence-electron chi connectivity index (χ3n) is 3.06. The molecule has 1 N–H and O–H groups in total. The van der Waals surface area contributed by atoms with E-state index < -0.39 is 0 Å². The Morgan fingerprint density at radius 1 is 1.38 bits per heavy atom. The number of carbonyl (C=O) groups is 1. The topological polar surface area (TPSA) is 77.1 Å². The predicted molar refractivity (Wildman–Crippen MR) is 78.1 cm³/mol. The molecule has 6 nitrogen and oxygen atoms in total. The lowest BCUT2D eigenvalue weighted by Gasteiger charge is -2.01. The first-order valence-electron chi connectivity index (χ1n) is 6.61. The average Bonchev–Trinajstić information content (AvgIpc) is 3.12. The maximum absolute atomic E-state index is 12.2. The van der Waals surface area contributed by atoms with Gasteiger partial charge >= 0.3 is 0 Å². The third kappa shape index (κ3) is 3.02. The maximum atomic E-state index is 12.2. The number of aromatic amines is 1. The number of ether oxygens (including phenoxy) is 2. The first-order valence-corrected chi connectivity index (χ1v) is 7.60. The molecule has 0 atom stereocenters. The Bertz CT molecular complexity index is 669. The first-order chi connectivity index (χ1) is 10.1. The molecule has 0 unspecified atom stereocenters. The van der Waals surface area contributed by atoms with Crippen molar-refractivity contribution in [2.75, 3.05) is 12.5 Å². The van der Waals surface area contributed by atoms with Gasteiger partial charge in [-0.1, -0.05) is 25.6 Å². The molecule has 1 aromatic heterocycles. The minimum atomic E-state index is 0.00852. The number of thioether (sulfide) groups is 1. The van der Waals surface area contributed by atoms with E-state index in [2.05, 4.69) is 15.2 Å². The van der Waals surface area contributed by atoms with Gasteiger partial charge in [-0.2, -0.15) is 0 Å². The molecule has 0 fully saturated rings. The molecular formula is C14H15N3O3S. The summed E-state index contributed by atoms with van der Waals surface area (Å²) in [6.07, 6.45) is 0. The van der Waals surface area contributed by atoms with Crippen molar-refractivity contribution >= 4 is 17.5 Å². The Hall–Kier alpha value is -2.02. The molecule has 1 aliphatic heterocycles. The van der Waals surface area contributed by atoms with Crippen molar-refractivity contribution in [3.05, 3.63) is 29.6 Å². The van der Waals surface area contributed by atoms with E-state index in [1.54, 1.807) is 18.2 Å². The highest BCUT2D eigenvalue weighted by Crippen LogP contribution is 2.33. The minimum absolute atomic E-state index is 0.00852. The van der Waals surface area contributed by atoms with E-state index in [9.17, 15) is 4.79 Å². The number of ketones is 1. The normalized spacial score (nSPS) is 12.9. The molecule has 1 aromatic carbocycles. The number of rotatable bonds is 5. The Balaban J connectivity index is 1.63. The second kappa shape index (κ2) is 5.77. The molecule has 0 radical (unpaired) electrons. The van der Waals surface area contributed by atoms with Crippen LogP contribution in [-0.4, -0.2) is 33.5 Å². The number of carbonyl (C=O) groups excluding carboxylic acids is 1. The summed E-state index contributed by atoms with van der Waals surface area (Å²) in [7, 11) is 0. The molecule has 2 heterocycles. The lowest BCUT2D eigenvalue weighted by Crippen LogP contribution is -2.02. The highest BCUT2D eigenvalue weighted by molar-refractivity contribution is 7.99. The van der Waals surface area contributed by atoms with Crippen LogP contribution < -0.4 is 9.47 Å². The van der Waals surface area contributed by atoms with Gasteiger partial charge in [-0.15, -0.1) is 5.10 Å². The number of aromatic nitrogens is 3. The molecule has 0 saturated heterocycles. The van der Waals surface area contributed by atoms with Crippen molar-refractivity contribution in [2.24, 2.45) is 0 Å². The van der Waals surface area contributed by atoms with Crippen LogP contribution in [0, 0.1) is 0 Å². The van der Waals surface area contributed by atoms with Gasteiger partial charge in [-0.05, 0) is 18.2 Å². The molecule has 110 valence electrons.